The molecule has 0 aliphatic heterocycles. The molecule has 0 fully saturated rings. The van der Waals surface area contributed by atoms with Crippen molar-refractivity contribution in [1.82, 2.24) is 0 Å². The van der Waals surface area contributed by atoms with E-state index in [4.69, 9.17) is 17.3 Å². The molecule has 0 spiro atoms. The van der Waals surface area contributed by atoms with Gasteiger partial charge in [-0.15, -0.1) is 22.9 Å². The molecule has 1 aromatic heterocycles. The standard InChI is InChI=1S/C9H8ClNOS/c10-4-5-3-7-6(1-2-13-7)8(11)9(5)12/h1-3,12H,4,11H2. The van der Waals surface area contributed by atoms with Gasteiger partial charge in [-0.2, -0.15) is 0 Å². The molecule has 13 heavy (non-hydrogen) atoms. The Morgan fingerprint density at radius 2 is 2.31 bits per heavy atom. The second kappa shape index (κ2) is 3.09. The number of rotatable bonds is 1. The van der Waals surface area contributed by atoms with Crippen LogP contribution >= 0.6 is 22.9 Å². The van der Waals surface area contributed by atoms with E-state index in [0.29, 0.717) is 11.3 Å². The fourth-order valence-corrected chi connectivity index (χ4v) is 2.35. The lowest BCUT2D eigenvalue weighted by Crippen LogP contribution is -1.89. The third-order valence-corrected chi connectivity index (χ3v) is 3.15. The fourth-order valence-electron chi connectivity index (χ4n) is 1.28. The van der Waals surface area contributed by atoms with Crippen molar-refractivity contribution in [3.63, 3.8) is 0 Å². The van der Waals surface area contributed by atoms with Crippen molar-refractivity contribution in [2.24, 2.45) is 0 Å². The molecule has 0 saturated heterocycles. The van der Waals surface area contributed by atoms with Crippen LogP contribution in [0.15, 0.2) is 17.5 Å². The van der Waals surface area contributed by atoms with Gasteiger partial charge < -0.3 is 10.8 Å². The molecule has 0 aliphatic carbocycles. The largest absolute Gasteiger partial charge is 0.505 e. The first-order valence-electron chi connectivity index (χ1n) is 3.77. The molecule has 1 heterocycles. The van der Waals surface area contributed by atoms with Crippen molar-refractivity contribution in [2.75, 3.05) is 5.73 Å². The van der Waals surface area contributed by atoms with E-state index in [-0.39, 0.29) is 11.6 Å². The summed E-state index contributed by atoms with van der Waals surface area (Å²) in [4.78, 5) is 0. The third-order valence-electron chi connectivity index (χ3n) is 1.99. The monoisotopic (exact) mass is 213 g/mol. The lowest BCUT2D eigenvalue weighted by molar-refractivity contribution is 0.474. The summed E-state index contributed by atoms with van der Waals surface area (Å²) in [5, 5.41) is 12.5. The number of hydrogen-bond donors (Lipinski definition) is 2. The highest BCUT2D eigenvalue weighted by molar-refractivity contribution is 7.17. The number of anilines is 1. The lowest BCUT2D eigenvalue weighted by Gasteiger charge is -2.05. The Morgan fingerprint density at radius 3 is 3.00 bits per heavy atom. The minimum atomic E-state index is 0.112. The zero-order valence-electron chi connectivity index (χ0n) is 6.75. The number of alkyl halides is 1. The van der Waals surface area contributed by atoms with Gasteiger partial charge in [-0.25, -0.2) is 0 Å². The van der Waals surface area contributed by atoms with Gasteiger partial charge in [-0.05, 0) is 17.5 Å². The van der Waals surface area contributed by atoms with E-state index in [9.17, 15) is 5.11 Å². The summed E-state index contributed by atoms with van der Waals surface area (Å²) in [7, 11) is 0. The molecule has 2 nitrogen and oxygen atoms in total. The molecule has 2 aromatic rings. The number of nitrogens with two attached hydrogens (primary N) is 1. The van der Waals surface area contributed by atoms with Crippen LogP contribution in [0.25, 0.3) is 10.1 Å². The first-order valence-corrected chi connectivity index (χ1v) is 5.19. The molecule has 68 valence electrons. The number of phenolic OH excluding ortho intramolecular Hbond substituents is 1. The molecule has 4 heteroatoms. The maximum Gasteiger partial charge on any atom is 0.143 e. The normalized spacial score (nSPS) is 10.8. The number of fused-ring (bicyclic) bond motifs is 1. The lowest BCUT2D eigenvalue weighted by atomic mass is 10.1. The number of phenols is 1. The second-order valence-corrected chi connectivity index (χ2v) is 3.98. The molecule has 1 aromatic carbocycles. The number of aromatic hydroxyl groups is 1. The van der Waals surface area contributed by atoms with Gasteiger partial charge in [0, 0.05) is 15.6 Å². The number of benzene rings is 1. The number of nitrogen functional groups attached to an aromatic ring is 1. The van der Waals surface area contributed by atoms with E-state index in [0.717, 1.165) is 10.1 Å². The first-order chi connectivity index (χ1) is 6.24. The van der Waals surface area contributed by atoms with Crippen molar-refractivity contribution in [1.29, 1.82) is 0 Å². The van der Waals surface area contributed by atoms with Crippen molar-refractivity contribution >= 4 is 38.7 Å². The van der Waals surface area contributed by atoms with E-state index >= 15 is 0 Å². The van der Waals surface area contributed by atoms with Gasteiger partial charge >= 0.3 is 0 Å². The van der Waals surface area contributed by atoms with E-state index < -0.39 is 0 Å². The first kappa shape index (κ1) is 8.66. The van der Waals surface area contributed by atoms with Crippen LogP contribution in [0.3, 0.4) is 0 Å². The smallest absolute Gasteiger partial charge is 0.143 e. The summed E-state index contributed by atoms with van der Waals surface area (Å²) < 4.78 is 1.06. The molecular weight excluding hydrogens is 206 g/mol. The molecule has 0 bridgehead atoms. The van der Waals surface area contributed by atoms with Crippen molar-refractivity contribution in [2.45, 2.75) is 5.88 Å². The number of thiophene rings is 1. The summed E-state index contributed by atoms with van der Waals surface area (Å²) in [6.07, 6.45) is 0. The Kier molecular flexibility index (Phi) is 2.06. The molecule has 0 amide bonds. The molecule has 0 aliphatic rings. The maximum absolute atomic E-state index is 9.61. The van der Waals surface area contributed by atoms with Crippen LogP contribution in [0.5, 0.6) is 5.75 Å². The van der Waals surface area contributed by atoms with Gasteiger partial charge in [-0.3, -0.25) is 0 Å². The average molecular weight is 214 g/mol. The molecule has 0 radical (unpaired) electrons. The Hall–Kier alpha value is -0.930. The van der Waals surface area contributed by atoms with Crippen molar-refractivity contribution < 1.29 is 5.11 Å². The summed E-state index contributed by atoms with van der Waals surface area (Å²) in [6, 6.07) is 3.77. The van der Waals surface area contributed by atoms with Crippen LogP contribution in [0.2, 0.25) is 0 Å². The summed E-state index contributed by atoms with van der Waals surface area (Å²) in [5.74, 6) is 0.394. The summed E-state index contributed by atoms with van der Waals surface area (Å²) >= 11 is 7.25. The summed E-state index contributed by atoms with van der Waals surface area (Å²) in [6.45, 7) is 0. The Morgan fingerprint density at radius 1 is 1.54 bits per heavy atom. The topological polar surface area (TPSA) is 46.2 Å². The minimum absolute atomic E-state index is 0.112. The summed E-state index contributed by atoms with van der Waals surface area (Å²) in [5.41, 5.74) is 6.85. The van der Waals surface area contributed by atoms with Crippen LogP contribution < -0.4 is 5.73 Å². The predicted molar refractivity (Wildman–Crippen MR) is 57.5 cm³/mol. The zero-order valence-corrected chi connectivity index (χ0v) is 8.32. The van der Waals surface area contributed by atoms with Crippen molar-refractivity contribution in [3.05, 3.63) is 23.1 Å². The minimum Gasteiger partial charge on any atom is -0.505 e. The molecular formula is C9H8ClNOS. The van der Waals surface area contributed by atoms with E-state index in [2.05, 4.69) is 0 Å². The van der Waals surface area contributed by atoms with Crippen LogP contribution in [-0.2, 0) is 5.88 Å². The van der Waals surface area contributed by atoms with Gasteiger partial charge in [0.25, 0.3) is 0 Å². The van der Waals surface area contributed by atoms with Gasteiger partial charge in [0.2, 0.25) is 0 Å². The van der Waals surface area contributed by atoms with Crippen molar-refractivity contribution in [3.8, 4) is 5.75 Å². The number of hydrogen-bond acceptors (Lipinski definition) is 3. The Balaban J connectivity index is 2.83. The maximum atomic E-state index is 9.61. The average Bonchev–Trinajstić information content (AvgIpc) is 2.59. The molecule has 3 N–H and O–H groups in total. The molecule has 2 rings (SSSR count). The fraction of sp³-hybridized carbons (Fsp3) is 0.111. The highest BCUT2D eigenvalue weighted by Gasteiger charge is 2.09. The van der Waals surface area contributed by atoms with Gasteiger partial charge in [-0.1, -0.05) is 0 Å². The van der Waals surface area contributed by atoms with E-state index in [1.54, 1.807) is 11.3 Å². The van der Waals surface area contributed by atoms with E-state index in [1.165, 1.54) is 0 Å². The highest BCUT2D eigenvalue weighted by atomic mass is 35.5. The molecule has 0 atom stereocenters. The SMILES string of the molecule is Nc1c(O)c(CCl)cc2sccc12. The van der Waals surface area contributed by atoms with Crippen LogP contribution in [-0.4, -0.2) is 5.11 Å². The highest BCUT2D eigenvalue weighted by Crippen LogP contribution is 2.36. The molecule has 0 unspecified atom stereocenters. The number of halogens is 1. The van der Waals surface area contributed by atoms with Crippen LogP contribution in [0, 0.1) is 0 Å². The third kappa shape index (κ3) is 1.24. The van der Waals surface area contributed by atoms with E-state index in [1.807, 2.05) is 17.5 Å². The predicted octanol–water partition coefficient (Wildman–Crippen LogP) is 2.93. The Bertz CT molecular complexity index is 452. The van der Waals surface area contributed by atoms with Gasteiger partial charge in [0.15, 0.2) is 0 Å². The Labute approximate surface area is 84.6 Å². The van der Waals surface area contributed by atoms with Crippen LogP contribution in [0.4, 0.5) is 5.69 Å². The zero-order chi connectivity index (χ0) is 9.42. The molecule has 0 saturated carbocycles. The van der Waals surface area contributed by atoms with Gasteiger partial charge in [0.1, 0.15) is 5.75 Å². The van der Waals surface area contributed by atoms with Gasteiger partial charge in [0.05, 0.1) is 11.6 Å². The van der Waals surface area contributed by atoms with Crippen LogP contribution in [0.1, 0.15) is 5.56 Å². The quantitative estimate of drug-likeness (QED) is 0.435. The second-order valence-electron chi connectivity index (χ2n) is 2.76.